The molecule has 2 aromatic carbocycles. The van der Waals surface area contributed by atoms with Crippen molar-refractivity contribution in [2.45, 2.75) is 69.5 Å². The van der Waals surface area contributed by atoms with Crippen molar-refractivity contribution in [3.05, 3.63) is 72.1 Å². The Labute approximate surface area is 329 Å². The van der Waals surface area contributed by atoms with Crippen LogP contribution in [0.25, 0.3) is 39.0 Å². The third-order valence-electron chi connectivity index (χ3n) is 12.0. The number of anilines is 2. The number of hydrogen-bond donors (Lipinski definition) is 0. The van der Waals surface area contributed by atoms with Gasteiger partial charge in [0, 0.05) is 63.1 Å². The average Bonchev–Trinajstić information content (AvgIpc) is 3.91. The van der Waals surface area contributed by atoms with Gasteiger partial charge < -0.3 is 28.7 Å². The molecule has 18 heteroatoms. The zero-order valence-electron chi connectivity index (χ0n) is 31.8. The van der Waals surface area contributed by atoms with Gasteiger partial charge in [0.25, 0.3) is 0 Å². The van der Waals surface area contributed by atoms with E-state index in [1.807, 2.05) is 16.4 Å². The third-order valence-corrected chi connectivity index (χ3v) is 12.0. The number of likely N-dealkylation sites (N-methyl/N-ethyl adjacent to an activating group) is 1. The van der Waals surface area contributed by atoms with Crippen molar-refractivity contribution >= 4 is 39.7 Å². The van der Waals surface area contributed by atoms with Gasteiger partial charge in [-0.1, -0.05) is 0 Å². The van der Waals surface area contributed by atoms with E-state index in [1.165, 1.54) is 29.1 Å². The lowest BCUT2D eigenvalue weighted by atomic mass is 9.74. The van der Waals surface area contributed by atoms with Gasteiger partial charge in [0.2, 0.25) is 11.9 Å². The highest BCUT2D eigenvalue weighted by molar-refractivity contribution is 5.94. The Morgan fingerprint density at radius 3 is 2.55 bits per heavy atom. The predicted molar refractivity (Wildman–Crippen MR) is 204 cm³/mol. The number of methoxy groups -OCH3 is 1. The van der Waals surface area contributed by atoms with Gasteiger partial charge in [-0.25, -0.2) is 27.8 Å². The zero-order chi connectivity index (χ0) is 40.0. The number of ether oxygens (including phenoxy) is 2. The van der Waals surface area contributed by atoms with Crippen LogP contribution in [0.4, 0.5) is 24.9 Å². The lowest BCUT2D eigenvalue weighted by Gasteiger charge is -2.54. The maximum atomic E-state index is 15.3. The third kappa shape index (κ3) is 5.86. The molecule has 0 N–H and O–H groups in total. The maximum absolute atomic E-state index is 15.3. The van der Waals surface area contributed by atoms with Gasteiger partial charge in [-0.3, -0.25) is 4.79 Å². The van der Waals surface area contributed by atoms with Crippen LogP contribution in [-0.4, -0.2) is 108 Å². The van der Waals surface area contributed by atoms with Gasteiger partial charge in [-0.05, 0) is 50.5 Å². The summed E-state index contributed by atoms with van der Waals surface area (Å²) in [5.41, 5.74) is 2.32. The Morgan fingerprint density at radius 1 is 0.948 bits per heavy atom. The molecule has 4 aliphatic heterocycles. The van der Waals surface area contributed by atoms with E-state index in [0.29, 0.717) is 64.7 Å². The summed E-state index contributed by atoms with van der Waals surface area (Å²) in [7, 11) is 3.30. The molecule has 0 spiro atoms. The fraction of sp³-hybridized carbons (Fsp3) is 0.400. The van der Waals surface area contributed by atoms with E-state index < -0.39 is 35.7 Å². The smallest absolute Gasteiger partial charge is 0.317 e. The Hall–Kier alpha value is -6.35. The standard InChI is InChI=1S/C40H37F3N12O3/c1-20-47-32-12-23(42)10-28-31-6-7-45-40(48-31)58-26-14-34(38(56)51(2)17-27(57-3)19-52(20)35(28)32)53(18-26)36-29-16-46-55(33-5-4-22(41)11-30(33)43)37(29)50-39(49-36)54-24-8-21(15-44)9-25(54)13-24/h4-7,10-12,16,21,24-27,34H,8-9,13-14,17-19H2,1-3H3/t21?,24-,25?,26?,27-,34-/m0/s1. The minimum atomic E-state index is -0.825. The van der Waals surface area contributed by atoms with E-state index in [-0.39, 0.29) is 60.8 Å². The Balaban J connectivity index is 1.10. The molecule has 6 bridgehead atoms. The lowest BCUT2D eigenvalue weighted by molar-refractivity contribution is -0.133. The molecule has 4 aromatic heterocycles. The molecule has 1 amide bonds. The molecule has 15 nitrogen and oxygen atoms in total. The topological polar surface area (TPSA) is 156 Å². The molecule has 58 heavy (non-hydrogen) atoms. The quantitative estimate of drug-likeness (QED) is 0.242. The van der Waals surface area contributed by atoms with Crippen LogP contribution in [0.2, 0.25) is 0 Å². The first-order valence-corrected chi connectivity index (χ1v) is 19.2. The van der Waals surface area contributed by atoms with Crippen LogP contribution < -0.4 is 14.5 Å². The number of amides is 1. The lowest BCUT2D eigenvalue weighted by Crippen LogP contribution is -2.61. The second-order valence-corrected chi connectivity index (χ2v) is 15.5. The highest BCUT2D eigenvalue weighted by Crippen LogP contribution is 2.45. The van der Waals surface area contributed by atoms with Crippen molar-refractivity contribution in [3.8, 4) is 29.0 Å². The summed E-state index contributed by atoms with van der Waals surface area (Å²) in [6.07, 6.45) is 4.38. The molecular formula is C40H37F3N12O3. The molecule has 3 unspecified atom stereocenters. The van der Waals surface area contributed by atoms with E-state index in [2.05, 4.69) is 26.0 Å². The highest BCUT2D eigenvalue weighted by Gasteiger charge is 2.48. The normalized spacial score (nSPS) is 24.4. The molecular weight excluding hydrogens is 754 g/mol. The number of rotatable bonds is 4. The molecule has 8 heterocycles. The molecule has 296 valence electrons. The molecule has 10 rings (SSSR count). The van der Waals surface area contributed by atoms with Crippen molar-refractivity contribution < 1.29 is 27.4 Å². The number of nitrogens with zero attached hydrogens (tertiary/aromatic N) is 12. The molecule has 6 aromatic rings. The number of imidazole rings is 1. The fourth-order valence-corrected chi connectivity index (χ4v) is 9.23. The number of aromatic nitrogens is 8. The number of benzene rings is 2. The SMILES string of the molecule is CO[C@H]1CN(C)C(=O)[C@@H]2CC(CN2c2nc(N3C4CC(C#N)C[C@H]3C4)nc3c2cnn3-c2ccc(F)cc2F)Oc2nccc(n2)-c2cc(F)cc3nc(C)n(c23)C1. The van der Waals surface area contributed by atoms with E-state index in [1.54, 1.807) is 31.3 Å². The number of fused-ring (bicyclic) bond motifs is 8. The number of hydrogen-bond acceptors (Lipinski definition) is 12. The molecule has 0 aliphatic carbocycles. The highest BCUT2D eigenvalue weighted by atomic mass is 19.1. The predicted octanol–water partition coefficient (Wildman–Crippen LogP) is 4.74. The van der Waals surface area contributed by atoms with Gasteiger partial charge in [0.1, 0.15) is 41.1 Å². The number of nitriles is 1. The van der Waals surface area contributed by atoms with Crippen LogP contribution in [-0.2, 0) is 16.1 Å². The van der Waals surface area contributed by atoms with Gasteiger partial charge in [0.15, 0.2) is 11.5 Å². The number of aryl methyl sites for hydroxylation is 1. The maximum Gasteiger partial charge on any atom is 0.317 e. The molecule has 0 radical (unpaired) electrons. The molecule has 3 saturated heterocycles. The van der Waals surface area contributed by atoms with Crippen LogP contribution in [0, 0.1) is 41.6 Å². The van der Waals surface area contributed by atoms with Gasteiger partial charge in [-0.15, -0.1) is 0 Å². The fourth-order valence-electron chi connectivity index (χ4n) is 9.23. The first-order valence-electron chi connectivity index (χ1n) is 19.2. The summed E-state index contributed by atoms with van der Waals surface area (Å²) in [5.74, 6) is -0.955. The Kier molecular flexibility index (Phi) is 8.48. The van der Waals surface area contributed by atoms with Crippen LogP contribution in [0.5, 0.6) is 6.01 Å². The monoisotopic (exact) mass is 790 g/mol. The van der Waals surface area contributed by atoms with Crippen LogP contribution >= 0.6 is 0 Å². The van der Waals surface area contributed by atoms with Crippen molar-refractivity contribution in [1.82, 2.24) is 44.2 Å². The zero-order valence-corrected chi connectivity index (χ0v) is 31.8. The van der Waals surface area contributed by atoms with Crippen molar-refractivity contribution in [3.63, 3.8) is 0 Å². The first-order chi connectivity index (χ1) is 28.1. The van der Waals surface area contributed by atoms with Crippen LogP contribution in [0.15, 0.2) is 48.8 Å². The minimum absolute atomic E-state index is 0.00808. The average molecular weight is 791 g/mol. The Bertz CT molecular complexity index is 2670. The van der Waals surface area contributed by atoms with Crippen LogP contribution in [0.3, 0.4) is 0 Å². The number of carbonyl (C=O) groups excluding carboxylic acids is 1. The van der Waals surface area contributed by atoms with E-state index in [9.17, 15) is 14.4 Å². The largest absolute Gasteiger partial charge is 0.458 e. The first kappa shape index (κ1) is 36.0. The van der Waals surface area contributed by atoms with Crippen molar-refractivity contribution in [2.24, 2.45) is 5.92 Å². The summed E-state index contributed by atoms with van der Waals surface area (Å²) in [5, 5.41) is 14.7. The molecule has 6 atom stereocenters. The van der Waals surface area contributed by atoms with E-state index in [4.69, 9.17) is 24.4 Å². The van der Waals surface area contributed by atoms with Crippen LogP contribution in [0.1, 0.15) is 31.5 Å². The van der Waals surface area contributed by atoms with E-state index in [0.717, 1.165) is 18.6 Å². The molecule has 4 aliphatic rings. The summed E-state index contributed by atoms with van der Waals surface area (Å²) in [6.45, 7) is 2.52. The summed E-state index contributed by atoms with van der Waals surface area (Å²) in [6, 6.07) is 9.42. The minimum Gasteiger partial charge on any atom is -0.458 e. The summed E-state index contributed by atoms with van der Waals surface area (Å²) < 4.78 is 60.2. The van der Waals surface area contributed by atoms with Gasteiger partial charge in [-0.2, -0.15) is 25.3 Å². The molecule has 3 fully saturated rings. The summed E-state index contributed by atoms with van der Waals surface area (Å²) >= 11 is 0. The van der Waals surface area contributed by atoms with Crippen molar-refractivity contribution in [1.29, 1.82) is 5.26 Å². The second-order valence-electron chi connectivity index (χ2n) is 15.5. The summed E-state index contributed by atoms with van der Waals surface area (Å²) in [4.78, 5) is 44.2. The van der Waals surface area contributed by atoms with Crippen molar-refractivity contribution in [2.75, 3.05) is 37.0 Å². The number of piperidine rings is 1. The number of carbonyl (C=O) groups is 1. The Morgan fingerprint density at radius 2 is 1.78 bits per heavy atom. The number of halogens is 3. The van der Waals surface area contributed by atoms with E-state index >= 15 is 8.78 Å². The second kappa shape index (κ2) is 13.6. The van der Waals surface area contributed by atoms with Gasteiger partial charge in [0.05, 0.1) is 59.5 Å². The van der Waals surface area contributed by atoms with Gasteiger partial charge >= 0.3 is 6.01 Å². The molecule has 0 saturated carbocycles.